The third-order valence-corrected chi connectivity index (χ3v) is 2.53. The van der Waals surface area contributed by atoms with Gasteiger partial charge in [-0.3, -0.25) is 0 Å². The fourth-order valence-electron chi connectivity index (χ4n) is 1.53. The molecule has 1 aromatic heterocycles. The molecule has 8 heteroatoms. The SMILES string of the molecule is CC(N)c1nnc(NCc2cccc(C(F)(F)F)c2)o1. The monoisotopic (exact) mass is 286 g/mol. The third-order valence-electron chi connectivity index (χ3n) is 2.53. The Morgan fingerprint density at radius 3 is 2.70 bits per heavy atom. The van der Waals surface area contributed by atoms with Crippen LogP contribution >= 0.6 is 0 Å². The van der Waals surface area contributed by atoms with Gasteiger partial charge in [0.2, 0.25) is 5.89 Å². The molecule has 108 valence electrons. The quantitative estimate of drug-likeness (QED) is 0.903. The number of hydrogen-bond donors (Lipinski definition) is 2. The Balaban J connectivity index is 2.03. The number of halogens is 3. The van der Waals surface area contributed by atoms with Crippen LogP contribution in [0.15, 0.2) is 28.7 Å². The summed E-state index contributed by atoms with van der Waals surface area (Å²) in [7, 11) is 0. The van der Waals surface area contributed by atoms with E-state index in [1.807, 2.05) is 0 Å². The Kier molecular flexibility index (Phi) is 3.93. The van der Waals surface area contributed by atoms with Gasteiger partial charge in [0.15, 0.2) is 0 Å². The summed E-state index contributed by atoms with van der Waals surface area (Å²) in [5.41, 5.74) is 5.32. The van der Waals surface area contributed by atoms with Gasteiger partial charge >= 0.3 is 12.2 Å². The smallest absolute Gasteiger partial charge is 0.406 e. The minimum Gasteiger partial charge on any atom is -0.406 e. The number of alkyl halides is 3. The number of nitrogens with one attached hydrogen (secondary N) is 1. The number of rotatable bonds is 4. The number of nitrogens with zero attached hydrogens (tertiary/aromatic N) is 2. The van der Waals surface area contributed by atoms with E-state index in [9.17, 15) is 13.2 Å². The van der Waals surface area contributed by atoms with Crippen molar-refractivity contribution in [3.05, 3.63) is 41.3 Å². The van der Waals surface area contributed by atoms with Crippen LogP contribution in [0.5, 0.6) is 0 Å². The lowest BCUT2D eigenvalue weighted by Crippen LogP contribution is -2.07. The predicted octanol–water partition coefficient (Wildman–Crippen LogP) is 2.72. The minimum atomic E-state index is -4.36. The van der Waals surface area contributed by atoms with E-state index in [4.69, 9.17) is 10.2 Å². The van der Waals surface area contributed by atoms with Gasteiger partial charge in [0.25, 0.3) is 0 Å². The predicted molar refractivity (Wildman–Crippen MR) is 65.7 cm³/mol. The minimum absolute atomic E-state index is 0.120. The standard InChI is InChI=1S/C12H13F3N4O/c1-7(16)10-18-19-11(20-10)17-6-8-3-2-4-9(5-8)12(13,14)15/h2-5,7H,6,16H2,1H3,(H,17,19). The second-order valence-corrected chi connectivity index (χ2v) is 4.29. The molecule has 3 N–H and O–H groups in total. The van der Waals surface area contributed by atoms with Crippen LogP contribution in [0.4, 0.5) is 19.2 Å². The first-order chi connectivity index (χ1) is 9.36. The first-order valence-electron chi connectivity index (χ1n) is 5.85. The lowest BCUT2D eigenvalue weighted by atomic mass is 10.1. The molecule has 2 rings (SSSR count). The number of hydrogen-bond acceptors (Lipinski definition) is 5. The third kappa shape index (κ3) is 3.47. The van der Waals surface area contributed by atoms with E-state index in [1.54, 1.807) is 13.0 Å². The summed E-state index contributed by atoms with van der Waals surface area (Å²) >= 11 is 0. The van der Waals surface area contributed by atoms with E-state index in [1.165, 1.54) is 6.07 Å². The maximum absolute atomic E-state index is 12.5. The molecule has 0 bridgehead atoms. The molecule has 1 atom stereocenters. The van der Waals surface area contributed by atoms with Crippen LogP contribution in [-0.4, -0.2) is 10.2 Å². The number of anilines is 1. The van der Waals surface area contributed by atoms with Gasteiger partial charge in [-0.1, -0.05) is 17.2 Å². The highest BCUT2D eigenvalue weighted by atomic mass is 19.4. The van der Waals surface area contributed by atoms with Crippen molar-refractivity contribution in [3.63, 3.8) is 0 Å². The molecule has 0 aliphatic rings. The van der Waals surface area contributed by atoms with Gasteiger partial charge < -0.3 is 15.5 Å². The van der Waals surface area contributed by atoms with Gasteiger partial charge in [-0.15, -0.1) is 5.10 Å². The molecule has 2 aromatic rings. The molecule has 0 aliphatic heterocycles. The topological polar surface area (TPSA) is 77.0 Å². The Bertz CT molecular complexity index is 580. The summed E-state index contributed by atoms with van der Waals surface area (Å²) in [6, 6.07) is 4.73. The summed E-state index contributed by atoms with van der Waals surface area (Å²) < 4.78 is 42.8. The largest absolute Gasteiger partial charge is 0.416 e. The Morgan fingerprint density at radius 1 is 1.35 bits per heavy atom. The zero-order chi connectivity index (χ0) is 14.8. The van der Waals surface area contributed by atoms with Crippen molar-refractivity contribution >= 4 is 6.01 Å². The zero-order valence-electron chi connectivity index (χ0n) is 10.6. The molecule has 1 unspecified atom stereocenters. The van der Waals surface area contributed by atoms with Gasteiger partial charge in [-0.05, 0) is 24.6 Å². The molecular weight excluding hydrogens is 273 g/mol. The Hall–Kier alpha value is -2.09. The van der Waals surface area contributed by atoms with Gasteiger partial charge in [0.05, 0.1) is 11.6 Å². The second kappa shape index (κ2) is 5.49. The van der Waals surface area contributed by atoms with E-state index >= 15 is 0 Å². The number of aromatic nitrogens is 2. The molecule has 5 nitrogen and oxygen atoms in total. The maximum atomic E-state index is 12.5. The molecule has 0 radical (unpaired) electrons. The lowest BCUT2D eigenvalue weighted by Gasteiger charge is -2.08. The normalized spacial score (nSPS) is 13.2. The van der Waals surface area contributed by atoms with E-state index in [2.05, 4.69) is 15.5 Å². The fraction of sp³-hybridized carbons (Fsp3) is 0.333. The summed E-state index contributed by atoms with van der Waals surface area (Å²) in [5.74, 6) is 0.261. The van der Waals surface area contributed by atoms with Crippen molar-refractivity contribution in [1.82, 2.24) is 10.2 Å². The molecule has 20 heavy (non-hydrogen) atoms. The molecule has 0 saturated heterocycles. The lowest BCUT2D eigenvalue weighted by molar-refractivity contribution is -0.137. The van der Waals surface area contributed by atoms with Crippen molar-refractivity contribution in [1.29, 1.82) is 0 Å². The van der Waals surface area contributed by atoms with E-state index in [-0.39, 0.29) is 18.5 Å². The van der Waals surface area contributed by atoms with Gasteiger partial charge in [0, 0.05) is 6.54 Å². The summed E-state index contributed by atoms with van der Waals surface area (Å²) in [4.78, 5) is 0. The van der Waals surface area contributed by atoms with Crippen LogP contribution in [0.3, 0.4) is 0 Å². The van der Waals surface area contributed by atoms with Crippen LogP contribution in [0.1, 0.15) is 30.0 Å². The fourth-order valence-corrected chi connectivity index (χ4v) is 1.53. The van der Waals surface area contributed by atoms with Crippen molar-refractivity contribution in [2.75, 3.05) is 5.32 Å². The van der Waals surface area contributed by atoms with Crippen LogP contribution in [0.25, 0.3) is 0 Å². The first kappa shape index (κ1) is 14.3. The average molecular weight is 286 g/mol. The van der Waals surface area contributed by atoms with E-state index < -0.39 is 17.8 Å². The number of benzene rings is 1. The Morgan fingerprint density at radius 2 is 2.10 bits per heavy atom. The Labute approximate surface area is 113 Å². The highest BCUT2D eigenvalue weighted by molar-refractivity contribution is 5.29. The van der Waals surface area contributed by atoms with Crippen molar-refractivity contribution in [3.8, 4) is 0 Å². The summed E-state index contributed by atoms with van der Waals surface area (Å²) in [6.07, 6.45) is -4.36. The van der Waals surface area contributed by atoms with Crippen molar-refractivity contribution in [2.24, 2.45) is 5.73 Å². The van der Waals surface area contributed by atoms with E-state index in [0.29, 0.717) is 5.56 Å². The zero-order valence-corrected chi connectivity index (χ0v) is 10.6. The summed E-state index contributed by atoms with van der Waals surface area (Å²) in [6.45, 7) is 1.83. The molecular formula is C12H13F3N4O. The molecule has 1 aromatic carbocycles. The molecule has 0 spiro atoms. The molecule has 0 aliphatic carbocycles. The van der Waals surface area contributed by atoms with Gasteiger partial charge in [-0.25, -0.2) is 0 Å². The second-order valence-electron chi connectivity index (χ2n) is 4.29. The summed E-state index contributed by atoms with van der Waals surface area (Å²) in [5, 5.41) is 10.1. The molecule has 0 saturated carbocycles. The van der Waals surface area contributed by atoms with E-state index in [0.717, 1.165) is 12.1 Å². The number of nitrogens with two attached hydrogens (primary N) is 1. The molecule has 0 fully saturated rings. The van der Waals surface area contributed by atoms with Crippen molar-refractivity contribution < 1.29 is 17.6 Å². The molecule has 1 heterocycles. The first-order valence-corrected chi connectivity index (χ1v) is 5.85. The molecule has 0 amide bonds. The van der Waals surface area contributed by atoms with Crippen LogP contribution in [-0.2, 0) is 12.7 Å². The highest BCUT2D eigenvalue weighted by Gasteiger charge is 2.30. The van der Waals surface area contributed by atoms with Crippen LogP contribution in [0.2, 0.25) is 0 Å². The average Bonchev–Trinajstić information content (AvgIpc) is 2.85. The highest BCUT2D eigenvalue weighted by Crippen LogP contribution is 2.29. The van der Waals surface area contributed by atoms with Gasteiger partial charge in [-0.2, -0.15) is 13.2 Å². The van der Waals surface area contributed by atoms with Crippen LogP contribution in [0, 0.1) is 0 Å². The maximum Gasteiger partial charge on any atom is 0.416 e. The van der Waals surface area contributed by atoms with Crippen molar-refractivity contribution in [2.45, 2.75) is 25.7 Å². The van der Waals surface area contributed by atoms with Gasteiger partial charge in [0.1, 0.15) is 0 Å². The van der Waals surface area contributed by atoms with Crippen LogP contribution < -0.4 is 11.1 Å².